The van der Waals surface area contributed by atoms with Gasteiger partial charge in [-0.2, -0.15) is 5.10 Å². The molecule has 0 spiro atoms. The fourth-order valence-electron chi connectivity index (χ4n) is 0.898. The Morgan fingerprint density at radius 2 is 2.36 bits per heavy atom. The van der Waals surface area contributed by atoms with Gasteiger partial charge in [0, 0.05) is 17.7 Å². The predicted molar refractivity (Wildman–Crippen MR) is 59.6 cm³/mol. The number of amidine groups is 1. The van der Waals surface area contributed by atoms with E-state index in [9.17, 15) is 0 Å². The zero-order chi connectivity index (χ0) is 10.7. The summed E-state index contributed by atoms with van der Waals surface area (Å²) in [4.78, 5) is 4.06. The van der Waals surface area contributed by atoms with Gasteiger partial charge in [0.2, 0.25) is 0 Å². The van der Waals surface area contributed by atoms with E-state index in [4.69, 9.17) is 23.3 Å². The highest BCUT2D eigenvalue weighted by molar-refractivity contribution is 9.10. The quantitative estimate of drug-likeness (QED) is 0.346. The molecule has 0 aliphatic rings. The van der Waals surface area contributed by atoms with Gasteiger partial charge in [-0.3, -0.25) is 9.99 Å². The van der Waals surface area contributed by atoms with Crippen LogP contribution in [0.1, 0.15) is 5.69 Å². The number of pyridine rings is 1. The molecule has 4 N–H and O–H groups in total. The Labute approximate surface area is 94.8 Å². The number of hydrogen-bond acceptors (Lipinski definition) is 4. The van der Waals surface area contributed by atoms with Crippen molar-refractivity contribution in [2.45, 2.75) is 0 Å². The summed E-state index contributed by atoms with van der Waals surface area (Å²) in [6.07, 6.45) is 1.59. The fraction of sp³-hybridized carbons (Fsp3) is 0.143. The maximum atomic E-state index is 5.94. The molecule has 0 aliphatic carbocycles. The summed E-state index contributed by atoms with van der Waals surface area (Å²) in [6.45, 7) is 0. The fourth-order valence-corrected chi connectivity index (χ4v) is 1.61. The van der Waals surface area contributed by atoms with Crippen molar-refractivity contribution in [3.8, 4) is 0 Å². The molecule has 14 heavy (non-hydrogen) atoms. The molecule has 0 aromatic carbocycles. The standard InChI is InChI=1S/C7H9BrClN5/c1-14(11)7(13-10)6-5(9)2-4(8)3-12-6/h2-3H,10-11H2,1H3/b13-7-. The maximum absolute atomic E-state index is 5.94. The average molecular weight is 279 g/mol. The Morgan fingerprint density at radius 3 is 2.79 bits per heavy atom. The minimum Gasteiger partial charge on any atom is -0.321 e. The van der Waals surface area contributed by atoms with E-state index < -0.39 is 0 Å². The summed E-state index contributed by atoms with van der Waals surface area (Å²) in [5.74, 6) is 11.0. The molecular weight excluding hydrogens is 269 g/mol. The molecule has 0 saturated carbocycles. The van der Waals surface area contributed by atoms with Crippen LogP contribution in [-0.2, 0) is 0 Å². The smallest absolute Gasteiger partial charge is 0.189 e. The second-order valence-corrected chi connectivity index (χ2v) is 3.87. The van der Waals surface area contributed by atoms with Gasteiger partial charge in [-0.25, -0.2) is 5.84 Å². The lowest BCUT2D eigenvalue weighted by molar-refractivity contribution is 0.535. The third kappa shape index (κ3) is 2.34. The van der Waals surface area contributed by atoms with Gasteiger partial charge in [0.15, 0.2) is 5.84 Å². The van der Waals surface area contributed by atoms with Gasteiger partial charge < -0.3 is 5.84 Å². The van der Waals surface area contributed by atoms with Crippen LogP contribution < -0.4 is 11.7 Å². The first kappa shape index (κ1) is 11.2. The Hall–Kier alpha value is -0.850. The third-order valence-electron chi connectivity index (χ3n) is 1.48. The summed E-state index contributed by atoms with van der Waals surface area (Å²) in [6, 6.07) is 1.69. The molecule has 0 bridgehead atoms. The first-order chi connectivity index (χ1) is 6.56. The van der Waals surface area contributed by atoms with Crippen LogP contribution in [0.15, 0.2) is 21.8 Å². The van der Waals surface area contributed by atoms with Crippen LogP contribution in [0.2, 0.25) is 5.02 Å². The lowest BCUT2D eigenvalue weighted by Gasteiger charge is -2.14. The van der Waals surface area contributed by atoms with Crippen molar-refractivity contribution in [3.63, 3.8) is 0 Å². The normalized spacial score (nSPS) is 11.6. The van der Waals surface area contributed by atoms with Crippen LogP contribution in [-0.4, -0.2) is 22.9 Å². The molecule has 0 unspecified atom stereocenters. The zero-order valence-electron chi connectivity index (χ0n) is 7.41. The Morgan fingerprint density at radius 1 is 1.71 bits per heavy atom. The maximum Gasteiger partial charge on any atom is 0.189 e. The van der Waals surface area contributed by atoms with Crippen LogP contribution in [0.3, 0.4) is 0 Å². The molecule has 0 radical (unpaired) electrons. The summed E-state index contributed by atoms with van der Waals surface area (Å²) >= 11 is 9.18. The molecule has 1 aromatic rings. The molecule has 0 fully saturated rings. The molecule has 7 heteroatoms. The van der Waals surface area contributed by atoms with Crippen molar-refractivity contribution in [2.24, 2.45) is 16.8 Å². The second kappa shape index (κ2) is 4.59. The van der Waals surface area contributed by atoms with Crippen molar-refractivity contribution in [3.05, 3.63) is 27.5 Å². The molecule has 0 amide bonds. The van der Waals surface area contributed by atoms with E-state index in [-0.39, 0.29) is 0 Å². The van der Waals surface area contributed by atoms with Crippen LogP contribution in [0, 0.1) is 0 Å². The van der Waals surface area contributed by atoms with Crippen molar-refractivity contribution in [2.75, 3.05) is 7.05 Å². The number of nitrogens with zero attached hydrogens (tertiary/aromatic N) is 3. The number of nitrogens with two attached hydrogens (primary N) is 2. The number of aromatic nitrogens is 1. The lowest BCUT2D eigenvalue weighted by Crippen LogP contribution is -2.35. The SMILES string of the molecule is CN(N)/C(=N\N)c1ncc(Br)cc1Cl. The Kier molecular flexibility index (Phi) is 3.68. The molecule has 5 nitrogen and oxygen atoms in total. The largest absolute Gasteiger partial charge is 0.321 e. The van der Waals surface area contributed by atoms with E-state index in [1.807, 2.05) is 0 Å². The van der Waals surface area contributed by atoms with Crippen molar-refractivity contribution < 1.29 is 0 Å². The summed E-state index contributed by atoms with van der Waals surface area (Å²) in [5.41, 5.74) is 0.447. The van der Waals surface area contributed by atoms with Gasteiger partial charge in [-0.05, 0) is 22.0 Å². The summed E-state index contributed by atoms with van der Waals surface area (Å²) < 4.78 is 0.780. The highest BCUT2D eigenvalue weighted by Gasteiger charge is 2.12. The Balaban J connectivity index is 3.19. The molecule has 1 rings (SSSR count). The van der Waals surface area contributed by atoms with Crippen LogP contribution in [0.4, 0.5) is 0 Å². The van der Waals surface area contributed by atoms with Crippen LogP contribution >= 0.6 is 27.5 Å². The topological polar surface area (TPSA) is 80.5 Å². The van der Waals surface area contributed by atoms with Crippen molar-refractivity contribution >= 4 is 33.4 Å². The zero-order valence-corrected chi connectivity index (χ0v) is 9.75. The number of hydrogen-bond donors (Lipinski definition) is 2. The summed E-state index contributed by atoms with van der Waals surface area (Å²) in [7, 11) is 1.60. The minimum absolute atomic E-state index is 0.322. The highest BCUT2D eigenvalue weighted by atomic mass is 79.9. The number of rotatable bonds is 1. The molecule has 0 aliphatic heterocycles. The molecule has 0 atom stereocenters. The van der Waals surface area contributed by atoms with Crippen LogP contribution in [0.5, 0.6) is 0 Å². The number of hydrazine groups is 1. The third-order valence-corrected chi connectivity index (χ3v) is 2.20. The van der Waals surface area contributed by atoms with E-state index in [1.54, 1.807) is 19.3 Å². The molecule has 1 heterocycles. The van der Waals surface area contributed by atoms with E-state index in [0.29, 0.717) is 16.6 Å². The van der Waals surface area contributed by atoms with E-state index >= 15 is 0 Å². The first-order valence-corrected chi connectivity index (χ1v) is 4.81. The summed E-state index contributed by atoms with van der Waals surface area (Å²) in [5, 5.41) is 5.19. The number of hydrazone groups is 1. The van der Waals surface area contributed by atoms with Gasteiger partial charge in [0.1, 0.15) is 5.69 Å². The van der Waals surface area contributed by atoms with Gasteiger partial charge in [-0.15, -0.1) is 0 Å². The predicted octanol–water partition coefficient (Wildman–Crippen LogP) is 0.923. The molecule has 76 valence electrons. The monoisotopic (exact) mass is 277 g/mol. The highest BCUT2D eigenvalue weighted by Crippen LogP contribution is 2.19. The van der Waals surface area contributed by atoms with Gasteiger partial charge >= 0.3 is 0 Å². The lowest BCUT2D eigenvalue weighted by atomic mass is 10.3. The minimum atomic E-state index is 0.322. The molecule has 1 aromatic heterocycles. The number of halogens is 2. The van der Waals surface area contributed by atoms with E-state index in [1.165, 1.54) is 5.01 Å². The Bertz CT molecular complexity index is 365. The van der Waals surface area contributed by atoms with Crippen molar-refractivity contribution in [1.29, 1.82) is 0 Å². The first-order valence-electron chi connectivity index (χ1n) is 3.64. The second-order valence-electron chi connectivity index (χ2n) is 2.55. The van der Waals surface area contributed by atoms with Gasteiger partial charge in [0.25, 0.3) is 0 Å². The van der Waals surface area contributed by atoms with E-state index in [0.717, 1.165) is 4.47 Å². The molecular formula is C7H9BrClN5. The van der Waals surface area contributed by atoms with E-state index in [2.05, 4.69) is 26.0 Å². The molecule has 0 saturated heterocycles. The van der Waals surface area contributed by atoms with Crippen LogP contribution in [0.25, 0.3) is 0 Å². The van der Waals surface area contributed by atoms with Crippen molar-refractivity contribution in [1.82, 2.24) is 9.99 Å². The average Bonchev–Trinajstić information content (AvgIpc) is 2.09. The van der Waals surface area contributed by atoms with Gasteiger partial charge in [-0.1, -0.05) is 11.6 Å². The van der Waals surface area contributed by atoms with Gasteiger partial charge in [0.05, 0.1) is 5.02 Å².